The second-order valence-corrected chi connectivity index (χ2v) is 8.93. The van der Waals surface area contributed by atoms with E-state index in [1.165, 1.54) is 28.7 Å². The lowest BCUT2D eigenvalue weighted by Gasteiger charge is -2.04. The van der Waals surface area contributed by atoms with Crippen molar-refractivity contribution in [1.29, 1.82) is 0 Å². The zero-order valence-electron chi connectivity index (χ0n) is 15.6. The summed E-state index contributed by atoms with van der Waals surface area (Å²) in [5.41, 5.74) is 6.67. The van der Waals surface area contributed by atoms with E-state index in [9.17, 15) is 4.79 Å². The molecule has 3 rings (SSSR count). The third kappa shape index (κ3) is 5.92. The fourth-order valence-corrected chi connectivity index (χ4v) is 4.14. The van der Waals surface area contributed by atoms with Crippen LogP contribution in [0.4, 0.5) is 0 Å². The maximum atomic E-state index is 12.0. The van der Waals surface area contributed by atoms with Gasteiger partial charge in [0.25, 0.3) is 5.91 Å². The van der Waals surface area contributed by atoms with Gasteiger partial charge in [0.05, 0.1) is 17.7 Å². The molecule has 0 atom stereocenters. The number of hydrogen-bond acceptors (Lipinski definition) is 5. The van der Waals surface area contributed by atoms with Crippen LogP contribution in [0.5, 0.6) is 0 Å². The predicted molar refractivity (Wildman–Crippen MR) is 120 cm³/mol. The monoisotopic (exact) mass is 429 g/mol. The van der Waals surface area contributed by atoms with E-state index < -0.39 is 0 Å². The van der Waals surface area contributed by atoms with Gasteiger partial charge in [-0.2, -0.15) is 5.10 Å². The maximum Gasteiger partial charge on any atom is 0.250 e. The molecule has 0 saturated carbocycles. The summed E-state index contributed by atoms with van der Waals surface area (Å²) >= 11 is 8.82. The Labute approximate surface area is 178 Å². The number of nitrogens with zero attached hydrogens (tertiary/aromatic N) is 2. The summed E-state index contributed by atoms with van der Waals surface area (Å²) in [7, 11) is 0. The van der Waals surface area contributed by atoms with E-state index in [1.54, 1.807) is 6.21 Å². The molecule has 7 heteroatoms. The van der Waals surface area contributed by atoms with Crippen molar-refractivity contribution in [2.75, 3.05) is 5.75 Å². The Balaban J connectivity index is 1.47. The summed E-state index contributed by atoms with van der Waals surface area (Å²) in [6.07, 6.45) is 1.65. The molecule has 0 fully saturated rings. The number of halogens is 1. The van der Waals surface area contributed by atoms with Gasteiger partial charge in [-0.1, -0.05) is 73.6 Å². The third-order valence-electron chi connectivity index (χ3n) is 3.96. The Morgan fingerprint density at radius 2 is 1.93 bits per heavy atom. The molecule has 1 amide bonds. The van der Waals surface area contributed by atoms with E-state index in [0.29, 0.717) is 10.9 Å². The molecule has 144 valence electrons. The summed E-state index contributed by atoms with van der Waals surface area (Å²) in [5, 5.41) is 6.69. The lowest BCUT2D eigenvalue weighted by Crippen LogP contribution is -2.19. The molecule has 0 spiro atoms. The lowest BCUT2D eigenvalue weighted by atomic mass is 10.0. The highest BCUT2D eigenvalue weighted by Crippen LogP contribution is 2.28. The Morgan fingerprint density at radius 3 is 2.61 bits per heavy atom. The minimum absolute atomic E-state index is 0.164. The minimum atomic E-state index is -0.164. The molecule has 0 saturated heterocycles. The maximum absolute atomic E-state index is 12.0. The van der Waals surface area contributed by atoms with E-state index in [4.69, 9.17) is 11.6 Å². The molecular weight excluding hydrogens is 410 g/mol. The SMILES string of the molecule is CC(C)c1ccc(/C=N\NC(=O)CSc2nc(-c3ccc(Cl)cc3)cs2)cc1. The highest BCUT2D eigenvalue weighted by molar-refractivity contribution is 8.01. The van der Waals surface area contributed by atoms with Crippen molar-refractivity contribution in [3.8, 4) is 11.3 Å². The first-order chi connectivity index (χ1) is 13.5. The van der Waals surface area contributed by atoms with E-state index in [2.05, 4.69) is 41.5 Å². The molecule has 1 N–H and O–H groups in total. The number of carbonyl (C=O) groups is 1. The fraction of sp³-hybridized carbons (Fsp3) is 0.190. The first-order valence-corrected chi connectivity index (χ1v) is 11.0. The average molecular weight is 430 g/mol. The Morgan fingerprint density at radius 1 is 1.21 bits per heavy atom. The van der Waals surface area contributed by atoms with Crippen LogP contribution in [0.2, 0.25) is 5.02 Å². The molecule has 1 heterocycles. The average Bonchev–Trinajstić information content (AvgIpc) is 3.16. The topological polar surface area (TPSA) is 54.4 Å². The molecule has 3 aromatic rings. The number of benzene rings is 2. The van der Waals surface area contributed by atoms with Gasteiger partial charge in [0.2, 0.25) is 0 Å². The number of amides is 1. The van der Waals surface area contributed by atoms with E-state index in [-0.39, 0.29) is 11.7 Å². The number of thioether (sulfide) groups is 1. The normalized spacial score (nSPS) is 11.3. The van der Waals surface area contributed by atoms with Crippen LogP contribution in [0, 0.1) is 0 Å². The number of nitrogens with one attached hydrogen (secondary N) is 1. The lowest BCUT2D eigenvalue weighted by molar-refractivity contribution is -0.118. The molecule has 0 aliphatic heterocycles. The molecule has 4 nitrogen and oxygen atoms in total. The van der Waals surface area contributed by atoms with Gasteiger partial charge in [0.15, 0.2) is 4.34 Å². The first-order valence-electron chi connectivity index (χ1n) is 8.77. The van der Waals surface area contributed by atoms with Gasteiger partial charge in [-0.15, -0.1) is 11.3 Å². The predicted octanol–water partition coefficient (Wildman–Crippen LogP) is 5.83. The summed E-state index contributed by atoms with van der Waals surface area (Å²) in [5.74, 6) is 0.592. The van der Waals surface area contributed by atoms with Gasteiger partial charge >= 0.3 is 0 Å². The van der Waals surface area contributed by atoms with Crippen LogP contribution in [0.1, 0.15) is 30.9 Å². The second kappa shape index (κ2) is 9.87. The number of carbonyl (C=O) groups excluding carboxylic acids is 1. The van der Waals surface area contributed by atoms with Crippen LogP contribution >= 0.6 is 34.7 Å². The molecule has 2 aromatic carbocycles. The fourth-order valence-electron chi connectivity index (χ4n) is 2.38. The molecular formula is C21H20ClN3OS2. The van der Waals surface area contributed by atoms with E-state index >= 15 is 0 Å². The van der Waals surface area contributed by atoms with Crippen molar-refractivity contribution in [1.82, 2.24) is 10.4 Å². The van der Waals surface area contributed by atoms with Gasteiger partial charge in [0, 0.05) is 16.0 Å². The zero-order valence-corrected chi connectivity index (χ0v) is 17.9. The van der Waals surface area contributed by atoms with Crippen molar-refractivity contribution in [3.63, 3.8) is 0 Å². The first kappa shape index (κ1) is 20.6. The largest absolute Gasteiger partial charge is 0.272 e. The Hall–Kier alpha value is -2.15. The molecule has 0 aliphatic rings. The summed E-state index contributed by atoms with van der Waals surface area (Å²) < 4.78 is 0.841. The number of thiazole rings is 1. The number of aromatic nitrogens is 1. The van der Waals surface area contributed by atoms with Crippen LogP contribution in [-0.4, -0.2) is 22.9 Å². The van der Waals surface area contributed by atoms with Gasteiger partial charge in [-0.3, -0.25) is 4.79 Å². The smallest absolute Gasteiger partial charge is 0.250 e. The molecule has 28 heavy (non-hydrogen) atoms. The summed E-state index contributed by atoms with van der Waals surface area (Å²) in [4.78, 5) is 16.5. The van der Waals surface area contributed by atoms with E-state index in [0.717, 1.165) is 21.2 Å². The molecule has 0 radical (unpaired) electrons. The highest BCUT2D eigenvalue weighted by Gasteiger charge is 2.08. The minimum Gasteiger partial charge on any atom is -0.272 e. The van der Waals surface area contributed by atoms with Crippen LogP contribution in [0.3, 0.4) is 0 Å². The van der Waals surface area contributed by atoms with Crippen LogP contribution < -0.4 is 5.43 Å². The van der Waals surface area contributed by atoms with Crippen molar-refractivity contribution in [2.24, 2.45) is 5.10 Å². The third-order valence-corrected chi connectivity index (χ3v) is 6.23. The molecule has 1 aromatic heterocycles. The zero-order chi connectivity index (χ0) is 19.9. The Bertz CT molecular complexity index is 951. The van der Waals surface area contributed by atoms with Crippen molar-refractivity contribution in [2.45, 2.75) is 24.1 Å². The van der Waals surface area contributed by atoms with Crippen molar-refractivity contribution >= 4 is 46.8 Å². The van der Waals surface area contributed by atoms with Crippen LogP contribution in [0.15, 0.2) is 63.4 Å². The number of hydrazone groups is 1. The van der Waals surface area contributed by atoms with Crippen LogP contribution in [-0.2, 0) is 4.79 Å². The summed E-state index contributed by atoms with van der Waals surface area (Å²) in [6.45, 7) is 4.31. The van der Waals surface area contributed by atoms with E-state index in [1.807, 2.05) is 41.8 Å². The van der Waals surface area contributed by atoms with Gasteiger partial charge in [0.1, 0.15) is 0 Å². The molecule has 0 unspecified atom stereocenters. The summed E-state index contributed by atoms with van der Waals surface area (Å²) in [6, 6.07) is 15.7. The quantitative estimate of drug-likeness (QED) is 0.292. The van der Waals surface area contributed by atoms with Gasteiger partial charge in [-0.25, -0.2) is 10.4 Å². The highest BCUT2D eigenvalue weighted by atomic mass is 35.5. The molecule has 0 bridgehead atoms. The number of hydrogen-bond donors (Lipinski definition) is 1. The Kier molecular flexibility index (Phi) is 7.25. The van der Waals surface area contributed by atoms with Crippen LogP contribution in [0.25, 0.3) is 11.3 Å². The van der Waals surface area contributed by atoms with Crippen molar-refractivity contribution in [3.05, 3.63) is 70.1 Å². The van der Waals surface area contributed by atoms with Gasteiger partial charge < -0.3 is 0 Å². The molecule has 0 aliphatic carbocycles. The number of rotatable bonds is 7. The van der Waals surface area contributed by atoms with Gasteiger partial charge in [-0.05, 0) is 29.2 Å². The van der Waals surface area contributed by atoms with Crippen molar-refractivity contribution < 1.29 is 4.79 Å². The second-order valence-electron chi connectivity index (χ2n) is 6.41. The standard InChI is InChI=1S/C21H20ClN3OS2/c1-14(2)16-5-3-15(4-6-16)11-23-25-20(26)13-28-21-24-19(12-27-21)17-7-9-18(22)10-8-17/h3-12,14H,13H2,1-2H3,(H,25,26)/b23-11-.